The largest absolute Gasteiger partial charge is 0.326 e. The third-order valence-corrected chi connectivity index (χ3v) is 4.15. The number of rotatable bonds is 5. The molecule has 1 aromatic rings. The smallest absolute Gasteiger partial charge is 0.282 e. The number of unbranched alkanes of at least 4 members (excludes halogenated alkanes) is 2. The van der Waals surface area contributed by atoms with Crippen LogP contribution in [-0.4, -0.2) is 25.8 Å². The van der Waals surface area contributed by atoms with Gasteiger partial charge in [0.1, 0.15) is 0 Å². The molecule has 3 heterocycles. The summed E-state index contributed by atoms with van der Waals surface area (Å²) >= 11 is 0. The van der Waals surface area contributed by atoms with E-state index in [0.29, 0.717) is 19.8 Å². The van der Waals surface area contributed by atoms with E-state index in [-0.39, 0.29) is 5.41 Å². The van der Waals surface area contributed by atoms with Gasteiger partial charge in [-0.05, 0) is 18.4 Å². The minimum Gasteiger partial charge on any atom is -0.326 e. The monoisotopic (exact) mass is 272 g/mol. The first kappa shape index (κ1) is 13.6. The van der Waals surface area contributed by atoms with Gasteiger partial charge in [0, 0.05) is 12.8 Å². The fourth-order valence-electron chi connectivity index (χ4n) is 2.82. The second-order valence-electron chi connectivity index (χ2n) is 5.61. The first-order valence-electron chi connectivity index (χ1n) is 7.20. The van der Waals surface area contributed by atoms with Crippen molar-refractivity contribution in [3.8, 4) is 12.3 Å². The number of hydrogen-bond donors (Lipinski definition) is 0. The summed E-state index contributed by atoms with van der Waals surface area (Å²) in [4.78, 5) is 0. The Morgan fingerprint density at radius 3 is 2.25 bits per heavy atom. The van der Waals surface area contributed by atoms with Gasteiger partial charge >= 0.3 is 0 Å². The summed E-state index contributed by atoms with van der Waals surface area (Å²) < 4.78 is 17.7. The summed E-state index contributed by atoms with van der Waals surface area (Å²) in [6.07, 6.45) is 8.75. The zero-order chi connectivity index (χ0) is 13.9. The van der Waals surface area contributed by atoms with Crippen LogP contribution < -0.4 is 0 Å². The lowest BCUT2D eigenvalue weighted by Crippen LogP contribution is -2.62. The molecule has 3 fully saturated rings. The number of ether oxygens (including phenoxy) is 3. The minimum absolute atomic E-state index is 0.151. The maximum absolute atomic E-state index is 5.91. The van der Waals surface area contributed by atoms with E-state index >= 15 is 0 Å². The van der Waals surface area contributed by atoms with Crippen LogP contribution in [0.2, 0.25) is 0 Å². The second kappa shape index (κ2) is 5.57. The molecule has 106 valence electrons. The molecule has 0 unspecified atom stereocenters. The lowest BCUT2D eigenvalue weighted by Gasteiger charge is -2.52. The molecule has 0 aliphatic carbocycles. The van der Waals surface area contributed by atoms with Crippen LogP contribution in [0.1, 0.15) is 31.2 Å². The van der Waals surface area contributed by atoms with Gasteiger partial charge in [-0.15, -0.1) is 12.3 Å². The van der Waals surface area contributed by atoms with Crippen molar-refractivity contribution in [2.24, 2.45) is 0 Å². The van der Waals surface area contributed by atoms with Gasteiger partial charge in [-0.25, -0.2) is 0 Å². The van der Waals surface area contributed by atoms with Gasteiger partial charge in [0.2, 0.25) is 0 Å². The van der Waals surface area contributed by atoms with E-state index in [1.54, 1.807) is 0 Å². The van der Waals surface area contributed by atoms with Gasteiger partial charge in [-0.2, -0.15) is 0 Å². The van der Waals surface area contributed by atoms with Crippen LogP contribution in [0, 0.1) is 12.3 Å². The molecule has 0 spiro atoms. The van der Waals surface area contributed by atoms with E-state index in [2.05, 4.69) is 18.1 Å². The first-order chi connectivity index (χ1) is 9.79. The van der Waals surface area contributed by atoms with E-state index < -0.39 is 5.97 Å². The quantitative estimate of drug-likeness (QED) is 0.609. The predicted octanol–water partition coefficient (Wildman–Crippen LogP) is 2.85. The van der Waals surface area contributed by atoms with Crippen LogP contribution in [0.3, 0.4) is 0 Å². The molecule has 3 nitrogen and oxygen atoms in total. The standard InChI is InChI=1S/C17H20O3/c1-2-3-4-8-11-17-18-12-16(13-19-17,14-20-17)15-9-6-5-7-10-15/h1,5-7,9-10H,3-4,8,11-14H2. The highest BCUT2D eigenvalue weighted by molar-refractivity contribution is 5.27. The van der Waals surface area contributed by atoms with Crippen molar-refractivity contribution in [1.29, 1.82) is 0 Å². The molecule has 3 aliphatic heterocycles. The molecule has 3 heteroatoms. The normalized spacial score (nSPS) is 31.9. The van der Waals surface area contributed by atoms with Crippen LogP contribution >= 0.6 is 0 Å². The average Bonchev–Trinajstić information content (AvgIpc) is 2.54. The van der Waals surface area contributed by atoms with Crippen molar-refractivity contribution >= 4 is 0 Å². The molecule has 4 rings (SSSR count). The van der Waals surface area contributed by atoms with Crippen molar-refractivity contribution in [3.05, 3.63) is 35.9 Å². The topological polar surface area (TPSA) is 27.7 Å². The van der Waals surface area contributed by atoms with Gasteiger partial charge in [-0.1, -0.05) is 30.3 Å². The third kappa shape index (κ3) is 2.47. The summed E-state index contributed by atoms with van der Waals surface area (Å²) in [6, 6.07) is 10.3. The Morgan fingerprint density at radius 2 is 1.65 bits per heavy atom. The van der Waals surface area contributed by atoms with Crippen LogP contribution in [-0.2, 0) is 19.6 Å². The van der Waals surface area contributed by atoms with Gasteiger partial charge in [0.15, 0.2) is 0 Å². The molecule has 1 aromatic carbocycles. The number of hydrogen-bond acceptors (Lipinski definition) is 3. The maximum atomic E-state index is 5.91. The van der Waals surface area contributed by atoms with Crippen molar-refractivity contribution in [1.82, 2.24) is 0 Å². The van der Waals surface area contributed by atoms with Gasteiger partial charge in [-0.3, -0.25) is 0 Å². The fraction of sp³-hybridized carbons (Fsp3) is 0.529. The van der Waals surface area contributed by atoms with E-state index in [1.807, 2.05) is 18.2 Å². The first-order valence-corrected chi connectivity index (χ1v) is 7.20. The highest BCUT2D eigenvalue weighted by Gasteiger charge is 2.52. The molecular weight excluding hydrogens is 252 g/mol. The Kier molecular flexibility index (Phi) is 3.80. The van der Waals surface area contributed by atoms with Gasteiger partial charge in [0.25, 0.3) is 5.97 Å². The number of terminal acetylenes is 1. The predicted molar refractivity (Wildman–Crippen MR) is 76.0 cm³/mol. The highest BCUT2D eigenvalue weighted by Crippen LogP contribution is 2.42. The Labute approximate surface area is 120 Å². The second-order valence-corrected chi connectivity index (χ2v) is 5.61. The van der Waals surface area contributed by atoms with Gasteiger partial charge in [0.05, 0.1) is 25.2 Å². The van der Waals surface area contributed by atoms with Crippen molar-refractivity contribution in [3.63, 3.8) is 0 Å². The van der Waals surface area contributed by atoms with Crippen molar-refractivity contribution in [2.75, 3.05) is 19.8 Å². The lowest BCUT2D eigenvalue weighted by atomic mass is 9.81. The summed E-state index contributed by atoms with van der Waals surface area (Å²) in [5.41, 5.74) is 1.07. The van der Waals surface area contributed by atoms with Crippen molar-refractivity contribution < 1.29 is 14.2 Å². The molecule has 0 saturated carbocycles. The summed E-state index contributed by atoms with van der Waals surface area (Å²) in [7, 11) is 0. The SMILES string of the molecule is C#CCCCCC12OCC(c3ccccc3)(CO1)CO2. The average molecular weight is 272 g/mol. The van der Waals surface area contributed by atoms with Crippen LogP contribution in [0.5, 0.6) is 0 Å². The van der Waals surface area contributed by atoms with E-state index in [1.165, 1.54) is 5.56 Å². The molecule has 0 N–H and O–H groups in total. The summed E-state index contributed by atoms with van der Waals surface area (Å²) in [5, 5.41) is 0. The zero-order valence-electron chi connectivity index (χ0n) is 11.6. The van der Waals surface area contributed by atoms with E-state index in [4.69, 9.17) is 20.6 Å². The van der Waals surface area contributed by atoms with E-state index in [0.717, 1.165) is 25.7 Å². The Morgan fingerprint density at radius 1 is 1.00 bits per heavy atom. The number of fused-ring (bicyclic) bond motifs is 3. The van der Waals surface area contributed by atoms with E-state index in [9.17, 15) is 0 Å². The Balaban J connectivity index is 1.62. The minimum atomic E-state index is -0.828. The molecule has 3 saturated heterocycles. The van der Waals surface area contributed by atoms with Crippen molar-refractivity contribution in [2.45, 2.75) is 37.1 Å². The maximum Gasteiger partial charge on any atom is 0.282 e. The lowest BCUT2D eigenvalue weighted by molar-refractivity contribution is -0.456. The molecule has 0 aromatic heterocycles. The molecule has 3 aliphatic rings. The Bertz CT molecular complexity index is 464. The number of benzene rings is 1. The molecule has 20 heavy (non-hydrogen) atoms. The molecule has 2 bridgehead atoms. The van der Waals surface area contributed by atoms with Gasteiger partial charge < -0.3 is 14.2 Å². The molecule has 0 radical (unpaired) electrons. The van der Waals surface area contributed by atoms with Crippen LogP contribution in [0.15, 0.2) is 30.3 Å². The summed E-state index contributed by atoms with van der Waals surface area (Å²) in [6.45, 7) is 1.98. The fourth-order valence-corrected chi connectivity index (χ4v) is 2.82. The zero-order valence-corrected chi connectivity index (χ0v) is 11.6. The molecule has 0 amide bonds. The highest BCUT2D eigenvalue weighted by atomic mass is 16.9. The summed E-state index contributed by atoms with van der Waals surface area (Å²) in [5.74, 6) is 1.82. The van der Waals surface area contributed by atoms with Crippen LogP contribution in [0.25, 0.3) is 0 Å². The van der Waals surface area contributed by atoms with Crippen LogP contribution in [0.4, 0.5) is 0 Å². The Hall–Kier alpha value is -1.34. The molecule has 0 atom stereocenters. The third-order valence-electron chi connectivity index (χ3n) is 4.15. The molecular formula is C17H20O3.